The summed E-state index contributed by atoms with van der Waals surface area (Å²) in [5, 5.41) is 3.99. The lowest BCUT2D eigenvalue weighted by Crippen LogP contribution is -2.29. The van der Waals surface area contributed by atoms with Crippen LogP contribution in [0.1, 0.15) is 43.2 Å². The van der Waals surface area contributed by atoms with Crippen molar-refractivity contribution in [3.63, 3.8) is 0 Å². The third-order valence-electron chi connectivity index (χ3n) is 5.63. The average Bonchev–Trinajstić information content (AvgIpc) is 3.28. The van der Waals surface area contributed by atoms with Gasteiger partial charge in [0.05, 0.1) is 21.1 Å². The van der Waals surface area contributed by atoms with Crippen LogP contribution < -0.4 is 10.2 Å². The number of hydrogen-bond donors (Lipinski definition) is 1. The van der Waals surface area contributed by atoms with Crippen molar-refractivity contribution in [2.75, 3.05) is 16.8 Å². The van der Waals surface area contributed by atoms with Crippen LogP contribution in [-0.4, -0.2) is 23.3 Å². The topological polar surface area (TPSA) is 62.3 Å². The fraction of sp³-hybridized carbons (Fsp3) is 0.348. The molecule has 2 heterocycles. The van der Waals surface area contributed by atoms with E-state index in [1.165, 1.54) is 0 Å². The molecule has 3 aromatic rings. The Bertz CT molecular complexity index is 1070. The molecule has 1 aromatic heterocycles. The van der Waals surface area contributed by atoms with Gasteiger partial charge in [-0.1, -0.05) is 32.0 Å². The first-order valence-electron chi connectivity index (χ1n) is 10.0. The number of anilines is 2. The number of aromatic nitrogens is 1. The predicted octanol–water partition coefficient (Wildman–Crippen LogP) is 5.11. The quantitative estimate of drug-likeness (QED) is 0.639. The number of carbonyl (C=O) groups is 2. The fourth-order valence-electron chi connectivity index (χ4n) is 3.85. The predicted molar refractivity (Wildman–Crippen MR) is 119 cm³/mol. The molecule has 0 radical (unpaired) electrons. The summed E-state index contributed by atoms with van der Waals surface area (Å²) in [5.41, 5.74) is 3.78. The summed E-state index contributed by atoms with van der Waals surface area (Å²) < 4.78 is 1.05. The van der Waals surface area contributed by atoms with E-state index in [-0.39, 0.29) is 24.2 Å². The summed E-state index contributed by atoms with van der Waals surface area (Å²) in [5.74, 6) is -0.0928. The summed E-state index contributed by atoms with van der Waals surface area (Å²) in [6, 6.07) is 13.8. The van der Waals surface area contributed by atoms with Gasteiger partial charge in [0.2, 0.25) is 11.8 Å². The molecule has 2 atom stereocenters. The molecule has 4 rings (SSSR count). The Kier molecular flexibility index (Phi) is 5.37. The zero-order valence-corrected chi connectivity index (χ0v) is 17.8. The Hall–Kier alpha value is -2.73. The number of benzene rings is 2. The Morgan fingerprint density at radius 3 is 2.90 bits per heavy atom. The smallest absolute Gasteiger partial charge is 0.229 e. The molecule has 2 aromatic carbocycles. The summed E-state index contributed by atoms with van der Waals surface area (Å²) in [6.45, 7) is 6.70. The number of para-hydroxylation sites is 1. The van der Waals surface area contributed by atoms with Gasteiger partial charge >= 0.3 is 0 Å². The molecule has 29 heavy (non-hydrogen) atoms. The van der Waals surface area contributed by atoms with Crippen molar-refractivity contribution in [1.29, 1.82) is 0 Å². The van der Waals surface area contributed by atoms with E-state index in [1.54, 1.807) is 16.2 Å². The molecular formula is C23H25N3O2S. The van der Waals surface area contributed by atoms with Gasteiger partial charge < -0.3 is 10.2 Å². The van der Waals surface area contributed by atoms with E-state index in [0.717, 1.165) is 38.6 Å². The number of nitrogens with one attached hydrogen (secondary N) is 1. The van der Waals surface area contributed by atoms with Gasteiger partial charge in [-0.25, -0.2) is 4.98 Å². The van der Waals surface area contributed by atoms with Crippen molar-refractivity contribution in [3.8, 4) is 0 Å². The van der Waals surface area contributed by atoms with Crippen molar-refractivity contribution < 1.29 is 9.59 Å². The number of aryl methyl sites for hydroxylation is 1. The van der Waals surface area contributed by atoms with Crippen LogP contribution in [0, 0.1) is 12.8 Å². The van der Waals surface area contributed by atoms with E-state index in [1.807, 2.05) is 43.3 Å². The van der Waals surface area contributed by atoms with Crippen LogP contribution in [0.2, 0.25) is 0 Å². The van der Waals surface area contributed by atoms with Crippen molar-refractivity contribution in [2.45, 2.75) is 39.5 Å². The zero-order chi connectivity index (χ0) is 20.5. The number of nitrogens with zero attached hydrogens (tertiary/aromatic N) is 2. The van der Waals surface area contributed by atoms with Gasteiger partial charge in [-0.3, -0.25) is 9.59 Å². The number of thiazole rings is 1. The molecule has 0 aliphatic carbocycles. The molecule has 1 fully saturated rings. The van der Waals surface area contributed by atoms with Crippen LogP contribution in [-0.2, 0) is 9.59 Å². The van der Waals surface area contributed by atoms with E-state index in [4.69, 9.17) is 0 Å². The van der Waals surface area contributed by atoms with Crippen LogP contribution in [0.5, 0.6) is 0 Å². The molecule has 1 aliphatic rings. The minimum atomic E-state index is -0.355. The molecule has 0 bridgehead atoms. The molecule has 0 unspecified atom stereocenters. The van der Waals surface area contributed by atoms with Crippen molar-refractivity contribution >= 4 is 44.7 Å². The first-order valence-corrected chi connectivity index (χ1v) is 10.8. The maximum atomic E-state index is 12.9. The third kappa shape index (κ3) is 3.90. The molecule has 1 saturated heterocycles. The lowest BCUT2D eigenvalue weighted by atomic mass is 9.96. The van der Waals surface area contributed by atoms with E-state index < -0.39 is 0 Å². The van der Waals surface area contributed by atoms with Crippen LogP contribution in [0.15, 0.2) is 42.5 Å². The van der Waals surface area contributed by atoms with Gasteiger partial charge in [0.1, 0.15) is 0 Å². The van der Waals surface area contributed by atoms with Crippen LogP contribution in [0.4, 0.5) is 11.4 Å². The highest BCUT2D eigenvalue weighted by Crippen LogP contribution is 2.34. The second-order valence-electron chi connectivity index (χ2n) is 7.68. The minimum Gasteiger partial charge on any atom is -0.326 e. The van der Waals surface area contributed by atoms with Gasteiger partial charge in [0.15, 0.2) is 0 Å². The number of amides is 2. The van der Waals surface area contributed by atoms with Gasteiger partial charge in [0, 0.05) is 24.3 Å². The van der Waals surface area contributed by atoms with Gasteiger partial charge in [0.25, 0.3) is 0 Å². The normalized spacial score (nSPS) is 17.7. The van der Waals surface area contributed by atoms with Gasteiger partial charge in [-0.05, 0) is 49.1 Å². The lowest BCUT2D eigenvalue weighted by molar-refractivity contribution is -0.122. The Labute approximate surface area is 174 Å². The molecule has 5 nitrogen and oxygen atoms in total. The largest absolute Gasteiger partial charge is 0.326 e. The highest BCUT2D eigenvalue weighted by Gasteiger charge is 2.36. The Morgan fingerprint density at radius 1 is 1.31 bits per heavy atom. The van der Waals surface area contributed by atoms with Crippen molar-refractivity contribution in [3.05, 3.63) is 53.0 Å². The number of carbonyl (C=O) groups excluding carboxylic acids is 2. The highest BCUT2D eigenvalue weighted by molar-refractivity contribution is 7.18. The SMILES string of the molecule is CC[C@@H](C)c1ccccc1N1C[C@H](C(=O)Nc2ccc3nc(C)sc3c2)CC1=O. The third-order valence-corrected chi connectivity index (χ3v) is 6.56. The highest BCUT2D eigenvalue weighted by atomic mass is 32.1. The molecule has 150 valence electrons. The molecular weight excluding hydrogens is 382 g/mol. The lowest BCUT2D eigenvalue weighted by Gasteiger charge is -2.23. The van der Waals surface area contributed by atoms with Crippen molar-refractivity contribution in [2.24, 2.45) is 5.92 Å². The standard InChI is InChI=1S/C23H25N3O2S/c1-4-14(2)18-7-5-6-8-20(18)26-13-16(11-22(26)27)23(28)25-17-9-10-19-21(12-17)29-15(3)24-19/h5-10,12,14,16H,4,11,13H2,1-3H3,(H,25,28)/t14-,16-/m1/s1. The zero-order valence-electron chi connectivity index (χ0n) is 16.9. The van der Waals surface area contributed by atoms with Crippen LogP contribution in [0.3, 0.4) is 0 Å². The van der Waals surface area contributed by atoms with Crippen LogP contribution in [0.25, 0.3) is 10.2 Å². The molecule has 6 heteroatoms. The van der Waals surface area contributed by atoms with E-state index in [0.29, 0.717) is 12.5 Å². The van der Waals surface area contributed by atoms with Gasteiger partial charge in [-0.2, -0.15) is 0 Å². The summed E-state index contributed by atoms with van der Waals surface area (Å²) in [7, 11) is 0. The van der Waals surface area contributed by atoms with Gasteiger partial charge in [-0.15, -0.1) is 11.3 Å². The minimum absolute atomic E-state index is 0.00874. The van der Waals surface area contributed by atoms with E-state index >= 15 is 0 Å². The Morgan fingerprint density at radius 2 is 2.10 bits per heavy atom. The maximum Gasteiger partial charge on any atom is 0.229 e. The average molecular weight is 408 g/mol. The van der Waals surface area contributed by atoms with Crippen molar-refractivity contribution in [1.82, 2.24) is 4.98 Å². The number of hydrogen-bond acceptors (Lipinski definition) is 4. The first kappa shape index (κ1) is 19.6. The van der Waals surface area contributed by atoms with E-state index in [2.05, 4.69) is 30.2 Å². The van der Waals surface area contributed by atoms with E-state index in [9.17, 15) is 9.59 Å². The number of fused-ring (bicyclic) bond motifs is 1. The monoisotopic (exact) mass is 407 g/mol. The molecule has 1 N–H and O–H groups in total. The number of rotatable bonds is 5. The fourth-order valence-corrected chi connectivity index (χ4v) is 4.71. The summed E-state index contributed by atoms with van der Waals surface area (Å²) >= 11 is 1.61. The maximum absolute atomic E-state index is 12.9. The molecule has 0 spiro atoms. The molecule has 1 aliphatic heterocycles. The summed E-state index contributed by atoms with van der Waals surface area (Å²) in [4.78, 5) is 31.8. The second-order valence-corrected chi connectivity index (χ2v) is 8.91. The second kappa shape index (κ2) is 7.95. The Balaban J connectivity index is 1.51. The summed E-state index contributed by atoms with van der Waals surface area (Å²) in [6.07, 6.45) is 1.24. The van der Waals surface area contributed by atoms with Crippen LogP contribution >= 0.6 is 11.3 Å². The molecule has 2 amide bonds. The first-order chi connectivity index (χ1) is 14.0. The molecule has 0 saturated carbocycles.